The van der Waals surface area contributed by atoms with Gasteiger partial charge in [0.2, 0.25) is 0 Å². The van der Waals surface area contributed by atoms with Gasteiger partial charge in [-0.1, -0.05) is 12.2 Å². The molecule has 0 fully saturated rings. The summed E-state index contributed by atoms with van der Waals surface area (Å²) in [6, 6.07) is 7.22. The number of nitrogens with one attached hydrogen (secondary N) is 1. The first-order valence-electron chi connectivity index (χ1n) is 5.39. The Morgan fingerprint density at radius 1 is 1.59 bits per heavy atom. The molecule has 4 heteroatoms. The average Bonchev–Trinajstić information content (AvgIpc) is 2.30. The number of nitrogen functional groups attached to an aromatic ring is 1. The lowest BCUT2D eigenvalue weighted by molar-refractivity contribution is 0.167. The van der Waals surface area contributed by atoms with Gasteiger partial charge in [-0.05, 0) is 25.1 Å². The fourth-order valence-corrected chi connectivity index (χ4v) is 1.30. The van der Waals surface area contributed by atoms with E-state index in [1.54, 1.807) is 18.2 Å². The number of hydrogen-bond acceptors (Lipinski definition) is 4. The zero-order valence-electron chi connectivity index (χ0n) is 9.99. The summed E-state index contributed by atoms with van der Waals surface area (Å²) in [5, 5.41) is 11.8. The highest BCUT2D eigenvalue weighted by atomic mass is 16.5. The summed E-state index contributed by atoms with van der Waals surface area (Å²) in [5.74, 6) is 0. The molecule has 1 aromatic rings. The minimum Gasteiger partial charge on any atom is -0.397 e. The Balaban J connectivity index is 2.37. The molecule has 0 aliphatic carbocycles. The van der Waals surface area contributed by atoms with Gasteiger partial charge in [-0.3, -0.25) is 0 Å². The molecule has 0 bridgehead atoms. The molecule has 0 aliphatic heterocycles. The Bertz CT molecular complexity index is 435. The Labute approximate surface area is 102 Å². The second-order valence-corrected chi connectivity index (χ2v) is 3.85. The van der Waals surface area contributed by atoms with E-state index in [2.05, 4.69) is 11.9 Å². The van der Waals surface area contributed by atoms with Crippen LogP contribution in [-0.2, 0) is 4.74 Å². The van der Waals surface area contributed by atoms with Gasteiger partial charge in [-0.15, -0.1) is 0 Å². The molecule has 0 heterocycles. The molecular formula is C13H17N3O. The molecule has 0 aliphatic rings. The molecule has 0 saturated carbocycles. The number of benzene rings is 1. The van der Waals surface area contributed by atoms with E-state index in [4.69, 9.17) is 15.7 Å². The molecule has 90 valence electrons. The van der Waals surface area contributed by atoms with Crippen molar-refractivity contribution in [2.24, 2.45) is 0 Å². The lowest BCUT2D eigenvalue weighted by Crippen LogP contribution is -2.11. The van der Waals surface area contributed by atoms with E-state index in [0.717, 1.165) is 11.3 Å². The predicted octanol–water partition coefficient (Wildman–Crippen LogP) is 2.15. The van der Waals surface area contributed by atoms with Crippen LogP contribution in [0, 0.1) is 11.3 Å². The van der Waals surface area contributed by atoms with Crippen molar-refractivity contribution in [1.82, 2.24) is 0 Å². The molecular weight excluding hydrogens is 214 g/mol. The van der Waals surface area contributed by atoms with Crippen LogP contribution in [-0.4, -0.2) is 19.8 Å². The summed E-state index contributed by atoms with van der Waals surface area (Å²) in [6.07, 6.45) is 0. The number of nitrogens with two attached hydrogens (primary N) is 1. The van der Waals surface area contributed by atoms with Crippen molar-refractivity contribution < 1.29 is 4.74 Å². The van der Waals surface area contributed by atoms with Gasteiger partial charge < -0.3 is 15.8 Å². The number of hydrogen-bond donors (Lipinski definition) is 2. The second kappa shape index (κ2) is 6.56. The van der Waals surface area contributed by atoms with Gasteiger partial charge in [-0.25, -0.2) is 0 Å². The van der Waals surface area contributed by atoms with E-state index in [9.17, 15) is 0 Å². The molecule has 0 aromatic heterocycles. The van der Waals surface area contributed by atoms with Gasteiger partial charge in [0.05, 0.1) is 36.2 Å². The van der Waals surface area contributed by atoms with Gasteiger partial charge in [0.15, 0.2) is 0 Å². The largest absolute Gasteiger partial charge is 0.397 e. The Morgan fingerprint density at radius 3 is 2.94 bits per heavy atom. The number of nitrogens with zero attached hydrogens (tertiary/aromatic N) is 1. The van der Waals surface area contributed by atoms with Gasteiger partial charge >= 0.3 is 0 Å². The van der Waals surface area contributed by atoms with Crippen molar-refractivity contribution >= 4 is 11.4 Å². The van der Waals surface area contributed by atoms with Crippen LogP contribution in [0.5, 0.6) is 0 Å². The highest BCUT2D eigenvalue weighted by Crippen LogP contribution is 2.18. The third-order valence-electron chi connectivity index (χ3n) is 2.09. The summed E-state index contributed by atoms with van der Waals surface area (Å²) in [4.78, 5) is 0. The lowest BCUT2D eigenvalue weighted by Gasteiger charge is -2.09. The highest BCUT2D eigenvalue weighted by molar-refractivity contribution is 5.68. The first-order valence-corrected chi connectivity index (χ1v) is 5.39. The van der Waals surface area contributed by atoms with E-state index in [1.807, 2.05) is 13.0 Å². The molecule has 0 radical (unpaired) electrons. The third kappa shape index (κ3) is 4.58. The fourth-order valence-electron chi connectivity index (χ4n) is 1.30. The van der Waals surface area contributed by atoms with Gasteiger partial charge in [-0.2, -0.15) is 5.26 Å². The lowest BCUT2D eigenvalue weighted by atomic mass is 10.2. The predicted molar refractivity (Wildman–Crippen MR) is 69.7 cm³/mol. The Kier molecular flexibility index (Phi) is 5.05. The van der Waals surface area contributed by atoms with E-state index < -0.39 is 0 Å². The van der Waals surface area contributed by atoms with Crippen molar-refractivity contribution in [3.8, 4) is 6.07 Å². The first-order chi connectivity index (χ1) is 8.13. The number of rotatable bonds is 6. The normalized spacial score (nSPS) is 9.65. The standard InChI is InChI=1S/C13H17N3O/c1-10(2)9-17-6-5-16-13-4-3-11(8-14)7-12(13)15/h3-4,7,16H,1,5-6,9,15H2,2H3. The monoisotopic (exact) mass is 231 g/mol. The maximum atomic E-state index is 8.70. The number of anilines is 2. The highest BCUT2D eigenvalue weighted by Gasteiger charge is 1.99. The molecule has 3 N–H and O–H groups in total. The molecule has 1 rings (SSSR count). The Morgan fingerprint density at radius 2 is 2.35 bits per heavy atom. The smallest absolute Gasteiger partial charge is 0.0992 e. The Hall–Kier alpha value is -1.99. The molecule has 0 saturated heterocycles. The maximum absolute atomic E-state index is 8.70. The summed E-state index contributed by atoms with van der Waals surface area (Å²) >= 11 is 0. The van der Waals surface area contributed by atoms with Crippen LogP contribution in [0.4, 0.5) is 11.4 Å². The molecule has 17 heavy (non-hydrogen) atoms. The summed E-state index contributed by atoms with van der Waals surface area (Å²) in [5.41, 5.74) is 8.75. The van der Waals surface area contributed by atoms with Crippen molar-refractivity contribution in [3.63, 3.8) is 0 Å². The van der Waals surface area contributed by atoms with Crippen LogP contribution in [0.3, 0.4) is 0 Å². The summed E-state index contributed by atoms with van der Waals surface area (Å²) < 4.78 is 5.35. The van der Waals surface area contributed by atoms with Crippen molar-refractivity contribution in [2.45, 2.75) is 6.92 Å². The number of nitriles is 1. The molecule has 0 amide bonds. The van der Waals surface area contributed by atoms with Crippen molar-refractivity contribution in [1.29, 1.82) is 5.26 Å². The second-order valence-electron chi connectivity index (χ2n) is 3.85. The maximum Gasteiger partial charge on any atom is 0.0992 e. The minimum atomic E-state index is 0.562. The quantitative estimate of drug-likeness (QED) is 0.447. The molecule has 1 aromatic carbocycles. The van der Waals surface area contributed by atoms with Crippen molar-refractivity contribution in [2.75, 3.05) is 30.8 Å². The van der Waals surface area contributed by atoms with Crippen LogP contribution in [0.1, 0.15) is 12.5 Å². The van der Waals surface area contributed by atoms with Gasteiger partial charge in [0, 0.05) is 6.54 Å². The van der Waals surface area contributed by atoms with Crippen LogP contribution >= 0.6 is 0 Å². The van der Waals surface area contributed by atoms with E-state index in [1.165, 1.54) is 0 Å². The molecule has 0 spiro atoms. The third-order valence-corrected chi connectivity index (χ3v) is 2.09. The van der Waals surface area contributed by atoms with Crippen molar-refractivity contribution in [3.05, 3.63) is 35.9 Å². The molecule has 4 nitrogen and oxygen atoms in total. The first kappa shape index (κ1) is 13.1. The van der Waals surface area contributed by atoms with Crippen LogP contribution in [0.2, 0.25) is 0 Å². The SMILES string of the molecule is C=C(C)COCCNc1ccc(C#N)cc1N. The fraction of sp³-hybridized carbons (Fsp3) is 0.308. The van der Waals surface area contributed by atoms with E-state index in [0.29, 0.717) is 31.0 Å². The van der Waals surface area contributed by atoms with Gasteiger partial charge in [0.25, 0.3) is 0 Å². The van der Waals surface area contributed by atoms with Gasteiger partial charge in [0.1, 0.15) is 0 Å². The molecule has 0 atom stereocenters. The van der Waals surface area contributed by atoms with E-state index >= 15 is 0 Å². The molecule has 0 unspecified atom stereocenters. The van der Waals surface area contributed by atoms with E-state index in [-0.39, 0.29) is 0 Å². The van der Waals surface area contributed by atoms with Crippen LogP contribution in [0.25, 0.3) is 0 Å². The van der Waals surface area contributed by atoms with Crippen LogP contribution in [0.15, 0.2) is 30.4 Å². The van der Waals surface area contributed by atoms with Crippen LogP contribution < -0.4 is 11.1 Å². The summed E-state index contributed by atoms with van der Waals surface area (Å²) in [7, 11) is 0. The minimum absolute atomic E-state index is 0.562. The number of ether oxygens (including phenoxy) is 1. The zero-order valence-corrected chi connectivity index (χ0v) is 9.99. The average molecular weight is 231 g/mol. The topological polar surface area (TPSA) is 71.1 Å². The zero-order chi connectivity index (χ0) is 12.7. The summed E-state index contributed by atoms with van der Waals surface area (Å²) in [6.45, 7) is 7.50.